The van der Waals surface area contributed by atoms with Crippen LogP contribution in [0.5, 0.6) is 0 Å². The summed E-state index contributed by atoms with van der Waals surface area (Å²) in [6, 6.07) is 3.86. The molecule has 0 bridgehead atoms. The average Bonchev–Trinajstić information content (AvgIpc) is 3.12. The van der Waals surface area contributed by atoms with E-state index >= 15 is 0 Å². The normalized spacial score (nSPS) is 17.5. The predicted octanol–water partition coefficient (Wildman–Crippen LogP) is 3.40. The Bertz CT molecular complexity index is 827. The van der Waals surface area contributed by atoms with Gasteiger partial charge in [-0.15, -0.1) is 0 Å². The Morgan fingerprint density at radius 1 is 1.33 bits per heavy atom. The van der Waals surface area contributed by atoms with E-state index in [1.807, 2.05) is 26.0 Å². The van der Waals surface area contributed by atoms with Crippen molar-refractivity contribution in [3.05, 3.63) is 34.0 Å². The Labute approximate surface area is 146 Å². The van der Waals surface area contributed by atoms with Gasteiger partial charge < -0.3 is 14.2 Å². The maximum Gasteiger partial charge on any atom is 0.289 e. The highest BCUT2D eigenvalue weighted by atomic mass is 35.5. The molecule has 0 N–H and O–H groups in total. The molecule has 1 atom stereocenters. The molecule has 2 amide bonds. The van der Waals surface area contributed by atoms with Crippen molar-refractivity contribution in [2.45, 2.75) is 33.2 Å². The van der Waals surface area contributed by atoms with Gasteiger partial charge in [0.2, 0.25) is 5.91 Å². The van der Waals surface area contributed by atoms with Gasteiger partial charge >= 0.3 is 0 Å². The maximum absolute atomic E-state index is 12.9. The highest BCUT2D eigenvalue weighted by Crippen LogP contribution is 2.33. The van der Waals surface area contributed by atoms with Crippen LogP contribution in [0.2, 0.25) is 5.02 Å². The van der Waals surface area contributed by atoms with Crippen LogP contribution < -0.4 is 0 Å². The summed E-state index contributed by atoms with van der Waals surface area (Å²) < 4.78 is 5.80. The minimum atomic E-state index is -0.142. The van der Waals surface area contributed by atoms with Gasteiger partial charge in [-0.3, -0.25) is 9.59 Å². The standard InChI is InChI=1S/C18H21ClN2O3/c1-10-7-14-11(2)16(24-17(14)15(19)8-10)18(23)21-6-5-13(9-21)20(4)12(3)22/h7-8,13H,5-6,9H2,1-4H3. The summed E-state index contributed by atoms with van der Waals surface area (Å²) in [7, 11) is 1.77. The number of amides is 2. The molecule has 1 unspecified atom stereocenters. The number of aryl methyl sites for hydroxylation is 2. The van der Waals surface area contributed by atoms with Gasteiger partial charge in [-0.1, -0.05) is 11.6 Å². The molecule has 0 radical (unpaired) electrons. The fourth-order valence-corrected chi connectivity index (χ4v) is 3.57. The summed E-state index contributed by atoms with van der Waals surface area (Å²) >= 11 is 6.25. The van der Waals surface area contributed by atoms with E-state index in [-0.39, 0.29) is 17.9 Å². The molecule has 0 spiro atoms. The number of carbonyl (C=O) groups excluding carboxylic acids is 2. The first-order valence-corrected chi connectivity index (χ1v) is 8.39. The van der Waals surface area contributed by atoms with Crippen molar-refractivity contribution in [2.75, 3.05) is 20.1 Å². The van der Waals surface area contributed by atoms with Crippen LogP contribution in [0.15, 0.2) is 16.5 Å². The van der Waals surface area contributed by atoms with Crippen molar-refractivity contribution in [1.82, 2.24) is 9.80 Å². The Balaban J connectivity index is 1.89. The molecule has 0 aliphatic carbocycles. The molecule has 0 saturated carbocycles. The number of hydrogen-bond acceptors (Lipinski definition) is 3. The van der Waals surface area contributed by atoms with Gasteiger partial charge in [0.15, 0.2) is 11.3 Å². The molecule has 1 saturated heterocycles. The van der Waals surface area contributed by atoms with E-state index < -0.39 is 0 Å². The van der Waals surface area contributed by atoms with Gasteiger partial charge in [0.05, 0.1) is 11.1 Å². The molecule has 24 heavy (non-hydrogen) atoms. The van der Waals surface area contributed by atoms with Crippen molar-refractivity contribution in [2.24, 2.45) is 0 Å². The van der Waals surface area contributed by atoms with Gasteiger partial charge in [0.25, 0.3) is 5.91 Å². The number of fused-ring (bicyclic) bond motifs is 1. The monoisotopic (exact) mass is 348 g/mol. The summed E-state index contributed by atoms with van der Waals surface area (Å²) in [6.07, 6.45) is 0.779. The molecule has 1 aliphatic rings. The summed E-state index contributed by atoms with van der Waals surface area (Å²) in [6.45, 7) is 6.52. The fourth-order valence-electron chi connectivity index (χ4n) is 3.26. The maximum atomic E-state index is 12.9. The number of likely N-dealkylation sites (tertiary alicyclic amines) is 1. The molecule has 2 aromatic rings. The third-order valence-corrected chi connectivity index (χ3v) is 5.11. The number of hydrogen-bond donors (Lipinski definition) is 0. The first kappa shape index (κ1) is 16.8. The van der Waals surface area contributed by atoms with Crippen molar-refractivity contribution >= 4 is 34.4 Å². The Morgan fingerprint density at radius 3 is 2.71 bits per heavy atom. The lowest BCUT2D eigenvalue weighted by molar-refractivity contribution is -0.129. The van der Waals surface area contributed by atoms with Gasteiger partial charge in [0, 0.05) is 38.0 Å². The minimum Gasteiger partial charge on any atom is -0.449 e. The van der Waals surface area contributed by atoms with Crippen molar-refractivity contribution in [3.63, 3.8) is 0 Å². The van der Waals surface area contributed by atoms with Crippen LogP contribution in [0.1, 0.15) is 35.0 Å². The molecule has 1 fully saturated rings. The number of likely N-dealkylation sites (N-methyl/N-ethyl adjacent to an activating group) is 1. The molecule has 1 aromatic carbocycles. The number of halogens is 1. The number of carbonyl (C=O) groups is 2. The van der Waals surface area contributed by atoms with E-state index in [1.54, 1.807) is 16.8 Å². The molecule has 1 aliphatic heterocycles. The average molecular weight is 349 g/mol. The van der Waals surface area contributed by atoms with E-state index in [0.29, 0.717) is 29.5 Å². The summed E-state index contributed by atoms with van der Waals surface area (Å²) in [5.41, 5.74) is 2.39. The zero-order chi connectivity index (χ0) is 17.6. The van der Waals surface area contributed by atoms with Crippen molar-refractivity contribution in [3.8, 4) is 0 Å². The zero-order valence-corrected chi connectivity index (χ0v) is 15.1. The first-order chi connectivity index (χ1) is 11.3. The third kappa shape index (κ3) is 2.77. The smallest absolute Gasteiger partial charge is 0.289 e. The Hall–Kier alpha value is -2.01. The number of nitrogens with zero attached hydrogens (tertiary/aromatic N) is 2. The molecule has 128 valence electrons. The van der Waals surface area contributed by atoms with Gasteiger partial charge in [-0.25, -0.2) is 0 Å². The lowest BCUT2D eigenvalue weighted by Crippen LogP contribution is -2.38. The molecular weight excluding hydrogens is 328 g/mol. The van der Waals surface area contributed by atoms with Crippen molar-refractivity contribution < 1.29 is 14.0 Å². The van der Waals surface area contributed by atoms with Gasteiger partial charge in [-0.05, 0) is 38.0 Å². The van der Waals surface area contributed by atoms with E-state index in [4.69, 9.17) is 16.0 Å². The van der Waals surface area contributed by atoms with Gasteiger partial charge in [0.1, 0.15) is 0 Å². The molecule has 3 rings (SSSR count). The SMILES string of the molecule is CC(=O)N(C)C1CCN(C(=O)c2oc3c(Cl)cc(C)cc3c2C)C1. The van der Waals surface area contributed by atoms with E-state index in [0.717, 1.165) is 22.9 Å². The summed E-state index contributed by atoms with van der Waals surface area (Å²) in [5, 5.41) is 1.39. The van der Waals surface area contributed by atoms with Crippen LogP contribution >= 0.6 is 11.6 Å². The predicted molar refractivity (Wildman–Crippen MR) is 93.5 cm³/mol. The Morgan fingerprint density at radius 2 is 2.04 bits per heavy atom. The topological polar surface area (TPSA) is 53.8 Å². The van der Waals surface area contributed by atoms with E-state index in [2.05, 4.69) is 0 Å². The first-order valence-electron chi connectivity index (χ1n) is 8.01. The molecule has 2 heterocycles. The lowest BCUT2D eigenvalue weighted by atomic mass is 10.1. The van der Waals surface area contributed by atoms with Gasteiger partial charge in [-0.2, -0.15) is 0 Å². The molecule has 5 nitrogen and oxygen atoms in total. The largest absolute Gasteiger partial charge is 0.449 e. The molecular formula is C18H21ClN2O3. The minimum absolute atomic E-state index is 0.0106. The second-order valence-corrected chi connectivity index (χ2v) is 6.91. The van der Waals surface area contributed by atoms with Crippen LogP contribution in [0.25, 0.3) is 11.0 Å². The quantitative estimate of drug-likeness (QED) is 0.835. The number of furan rings is 1. The molecule has 6 heteroatoms. The summed E-state index contributed by atoms with van der Waals surface area (Å²) in [5.74, 6) is 0.206. The van der Waals surface area contributed by atoms with Crippen molar-refractivity contribution in [1.29, 1.82) is 0 Å². The highest BCUT2D eigenvalue weighted by Gasteiger charge is 2.33. The Kier molecular flexibility index (Phi) is 4.30. The van der Waals surface area contributed by atoms with Crippen LogP contribution in [0, 0.1) is 13.8 Å². The fraction of sp³-hybridized carbons (Fsp3) is 0.444. The number of benzene rings is 1. The van der Waals surface area contributed by atoms with Crippen LogP contribution in [0.4, 0.5) is 0 Å². The highest BCUT2D eigenvalue weighted by molar-refractivity contribution is 6.35. The van der Waals surface area contributed by atoms with Crippen LogP contribution in [0.3, 0.4) is 0 Å². The third-order valence-electron chi connectivity index (χ3n) is 4.83. The van der Waals surface area contributed by atoms with E-state index in [1.165, 1.54) is 6.92 Å². The summed E-state index contributed by atoms with van der Waals surface area (Å²) in [4.78, 5) is 27.8. The molecule has 1 aromatic heterocycles. The second kappa shape index (κ2) is 6.13. The van der Waals surface area contributed by atoms with E-state index in [9.17, 15) is 9.59 Å². The van der Waals surface area contributed by atoms with Crippen LogP contribution in [-0.4, -0.2) is 47.8 Å². The second-order valence-electron chi connectivity index (χ2n) is 6.50. The van der Waals surface area contributed by atoms with Crippen LogP contribution in [-0.2, 0) is 4.79 Å². The lowest BCUT2D eigenvalue weighted by Gasteiger charge is -2.23. The zero-order valence-electron chi connectivity index (χ0n) is 14.4. The number of rotatable bonds is 2.